The maximum atomic E-state index is 13.6. The number of piperidine rings is 1. The fourth-order valence-electron chi connectivity index (χ4n) is 4.10. The van der Waals surface area contributed by atoms with Gasteiger partial charge in [0.25, 0.3) is 17.4 Å². The fourth-order valence-corrected chi connectivity index (χ4v) is 4.26. The fraction of sp³-hybridized carbons (Fsp3) is 0.417. The maximum absolute atomic E-state index is 13.6. The number of carbonyl (C=O) groups excluding carboxylic acids is 1. The second-order valence-corrected chi connectivity index (χ2v) is 8.96. The first-order valence-electron chi connectivity index (χ1n) is 11.3. The van der Waals surface area contributed by atoms with E-state index in [-0.39, 0.29) is 44.2 Å². The van der Waals surface area contributed by atoms with Gasteiger partial charge < -0.3 is 24.3 Å². The standard InChI is InChI=1S/C24H26ClF2N5O4/c1-28-20(33)13-36-19-11-15-8-14(10-18(35-3)21(15)31(2)22(19)34)9-17-16(25)12-29-23(30-17)32-6-4-24(26,27)5-7-32/h8,10-12H,4-7,9,13H2,1-3H3,(H,28,33). The Balaban J connectivity index is 1.68. The Morgan fingerprint density at radius 2 is 1.94 bits per heavy atom. The summed E-state index contributed by atoms with van der Waals surface area (Å²) in [5.41, 5.74) is 1.46. The average molecular weight is 522 g/mol. The third-order valence-electron chi connectivity index (χ3n) is 6.11. The summed E-state index contributed by atoms with van der Waals surface area (Å²) >= 11 is 6.38. The molecule has 2 aromatic heterocycles. The first-order valence-corrected chi connectivity index (χ1v) is 11.7. The Morgan fingerprint density at radius 3 is 2.61 bits per heavy atom. The molecule has 0 unspecified atom stereocenters. The molecule has 1 aliphatic rings. The van der Waals surface area contributed by atoms with Gasteiger partial charge in [0, 0.05) is 51.8 Å². The van der Waals surface area contributed by atoms with Gasteiger partial charge in [-0.15, -0.1) is 0 Å². The quantitative estimate of drug-likeness (QED) is 0.510. The third-order valence-corrected chi connectivity index (χ3v) is 6.43. The largest absolute Gasteiger partial charge is 0.495 e. The van der Waals surface area contributed by atoms with Crippen molar-refractivity contribution in [1.82, 2.24) is 19.9 Å². The number of nitrogens with zero attached hydrogens (tertiary/aromatic N) is 4. The molecule has 1 fully saturated rings. The zero-order chi connectivity index (χ0) is 26.0. The molecule has 0 aliphatic carbocycles. The smallest absolute Gasteiger partial charge is 0.293 e. The van der Waals surface area contributed by atoms with Crippen molar-refractivity contribution in [3.63, 3.8) is 0 Å². The van der Waals surface area contributed by atoms with Gasteiger partial charge in [-0.1, -0.05) is 11.6 Å². The topological polar surface area (TPSA) is 98.6 Å². The van der Waals surface area contributed by atoms with Crippen molar-refractivity contribution in [3.05, 3.63) is 51.0 Å². The van der Waals surface area contributed by atoms with Crippen LogP contribution < -0.4 is 25.2 Å². The molecule has 9 nitrogen and oxygen atoms in total. The van der Waals surface area contributed by atoms with Crippen molar-refractivity contribution in [2.24, 2.45) is 7.05 Å². The van der Waals surface area contributed by atoms with Gasteiger partial charge in [-0.3, -0.25) is 9.59 Å². The molecule has 4 rings (SSSR count). The molecule has 192 valence electrons. The molecule has 1 saturated heterocycles. The Morgan fingerprint density at radius 1 is 1.22 bits per heavy atom. The van der Waals surface area contributed by atoms with E-state index in [1.54, 1.807) is 24.1 Å². The van der Waals surface area contributed by atoms with E-state index in [0.717, 1.165) is 5.56 Å². The second kappa shape index (κ2) is 10.3. The molecule has 0 saturated carbocycles. The van der Waals surface area contributed by atoms with E-state index >= 15 is 0 Å². The van der Waals surface area contributed by atoms with Crippen LogP contribution in [0.2, 0.25) is 5.02 Å². The van der Waals surface area contributed by atoms with Crippen molar-refractivity contribution in [3.8, 4) is 11.5 Å². The number of rotatable bonds is 7. The molecule has 12 heteroatoms. The summed E-state index contributed by atoms with van der Waals surface area (Å²) in [7, 11) is 4.57. The van der Waals surface area contributed by atoms with E-state index in [0.29, 0.717) is 39.7 Å². The van der Waals surface area contributed by atoms with E-state index in [1.165, 1.54) is 24.9 Å². The summed E-state index contributed by atoms with van der Waals surface area (Å²) in [6.07, 6.45) is 1.28. The first-order chi connectivity index (χ1) is 17.1. The number of amides is 1. The number of fused-ring (bicyclic) bond motifs is 1. The maximum Gasteiger partial charge on any atom is 0.293 e. The highest BCUT2D eigenvalue weighted by atomic mass is 35.5. The molecule has 0 radical (unpaired) electrons. The molecule has 3 aromatic rings. The predicted molar refractivity (Wildman–Crippen MR) is 132 cm³/mol. The number of hydrogen-bond donors (Lipinski definition) is 1. The molecule has 1 aromatic carbocycles. The number of nitrogens with one attached hydrogen (secondary N) is 1. The van der Waals surface area contributed by atoms with Gasteiger partial charge in [-0.25, -0.2) is 18.7 Å². The summed E-state index contributed by atoms with van der Waals surface area (Å²) in [6, 6.07) is 5.20. The van der Waals surface area contributed by atoms with Crippen LogP contribution in [0.3, 0.4) is 0 Å². The van der Waals surface area contributed by atoms with E-state index in [4.69, 9.17) is 21.1 Å². The van der Waals surface area contributed by atoms with Crippen LogP contribution in [-0.4, -0.2) is 60.2 Å². The van der Waals surface area contributed by atoms with Crippen LogP contribution in [0, 0.1) is 0 Å². The summed E-state index contributed by atoms with van der Waals surface area (Å²) in [6.45, 7) is 0.0191. The number of likely N-dealkylation sites (N-methyl/N-ethyl adjacent to an activating group) is 1. The summed E-state index contributed by atoms with van der Waals surface area (Å²) in [5, 5.41) is 3.44. The van der Waals surface area contributed by atoms with Crippen molar-refractivity contribution in [2.75, 3.05) is 38.8 Å². The Kier molecular flexibility index (Phi) is 7.30. The molecule has 1 amide bonds. The Labute approximate surface area is 211 Å². The van der Waals surface area contributed by atoms with Crippen LogP contribution in [0.1, 0.15) is 24.1 Å². The van der Waals surface area contributed by atoms with E-state index < -0.39 is 11.5 Å². The number of aromatic nitrogens is 3. The third kappa shape index (κ3) is 5.35. The summed E-state index contributed by atoms with van der Waals surface area (Å²) in [5.74, 6) is -2.20. The second-order valence-electron chi connectivity index (χ2n) is 8.55. The van der Waals surface area contributed by atoms with Crippen molar-refractivity contribution in [1.29, 1.82) is 0 Å². The normalized spacial score (nSPS) is 15.1. The van der Waals surface area contributed by atoms with Gasteiger partial charge in [0.1, 0.15) is 5.75 Å². The lowest BCUT2D eigenvalue weighted by Crippen LogP contribution is -2.40. The number of hydrogen-bond acceptors (Lipinski definition) is 7. The molecule has 3 heterocycles. The lowest BCUT2D eigenvalue weighted by atomic mass is 10.0. The Hall–Kier alpha value is -3.47. The lowest BCUT2D eigenvalue weighted by molar-refractivity contribution is -0.122. The monoisotopic (exact) mass is 521 g/mol. The molecule has 1 aliphatic heterocycles. The van der Waals surface area contributed by atoms with E-state index in [1.807, 2.05) is 6.07 Å². The summed E-state index contributed by atoms with van der Waals surface area (Å²) < 4.78 is 39.5. The van der Waals surface area contributed by atoms with Crippen LogP contribution >= 0.6 is 11.6 Å². The van der Waals surface area contributed by atoms with Gasteiger partial charge >= 0.3 is 0 Å². The number of anilines is 1. The molecule has 36 heavy (non-hydrogen) atoms. The number of carbonyl (C=O) groups is 1. The number of ether oxygens (including phenoxy) is 2. The molecule has 0 atom stereocenters. The van der Waals surface area contributed by atoms with Crippen LogP contribution in [0.4, 0.5) is 14.7 Å². The average Bonchev–Trinajstić information content (AvgIpc) is 2.86. The number of benzene rings is 1. The van der Waals surface area contributed by atoms with Crippen LogP contribution in [0.25, 0.3) is 10.9 Å². The number of halogens is 3. The number of pyridine rings is 1. The highest BCUT2D eigenvalue weighted by Crippen LogP contribution is 2.32. The van der Waals surface area contributed by atoms with Crippen molar-refractivity contribution in [2.45, 2.75) is 25.2 Å². The van der Waals surface area contributed by atoms with Gasteiger partial charge in [-0.05, 0) is 23.8 Å². The van der Waals surface area contributed by atoms with E-state index in [9.17, 15) is 18.4 Å². The SMILES string of the molecule is CNC(=O)COc1cc2cc(Cc3nc(N4CCC(F)(F)CC4)ncc3Cl)cc(OC)c2n(C)c1=O. The number of aryl methyl sites for hydroxylation is 1. The Bertz CT molecular complexity index is 1350. The lowest BCUT2D eigenvalue weighted by Gasteiger charge is -2.31. The zero-order valence-electron chi connectivity index (χ0n) is 20.1. The van der Waals surface area contributed by atoms with Crippen molar-refractivity contribution >= 4 is 34.4 Å². The molecular formula is C24H26ClF2N5O4. The molecule has 0 spiro atoms. The van der Waals surface area contributed by atoms with Crippen LogP contribution in [0.5, 0.6) is 11.5 Å². The van der Waals surface area contributed by atoms with Crippen LogP contribution in [0.15, 0.2) is 29.2 Å². The van der Waals surface area contributed by atoms with Gasteiger partial charge in [0.2, 0.25) is 5.95 Å². The van der Waals surface area contributed by atoms with E-state index in [2.05, 4.69) is 15.3 Å². The van der Waals surface area contributed by atoms with Gasteiger partial charge in [0.15, 0.2) is 12.4 Å². The molecule has 0 bridgehead atoms. The highest BCUT2D eigenvalue weighted by molar-refractivity contribution is 6.31. The molecular weight excluding hydrogens is 496 g/mol. The molecule has 1 N–H and O–H groups in total. The zero-order valence-corrected chi connectivity index (χ0v) is 20.9. The highest BCUT2D eigenvalue weighted by Gasteiger charge is 2.34. The first kappa shape index (κ1) is 25.6. The van der Waals surface area contributed by atoms with Gasteiger partial charge in [0.05, 0.1) is 29.5 Å². The minimum atomic E-state index is -2.67. The van der Waals surface area contributed by atoms with Crippen molar-refractivity contribution < 1.29 is 23.0 Å². The predicted octanol–water partition coefficient (Wildman–Crippen LogP) is 2.94. The minimum absolute atomic E-state index is 0.0251. The minimum Gasteiger partial charge on any atom is -0.495 e. The van der Waals surface area contributed by atoms with Gasteiger partial charge in [-0.2, -0.15) is 0 Å². The number of alkyl halides is 2. The van der Waals surface area contributed by atoms with Crippen LogP contribution in [-0.2, 0) is 18.3 Å². The number of methoxy groups -OCH3 is 1. The summed E-state index contributed by atoms with van der Waals surface area (Å²) in [4.78, 5) is 34.9.